The maximum Gasteiger partial charge on any atom is 0.347 e. The molecular formula is C23H24N2O5. The van der Waals surface area contributed by atoms with Gasteiger partial charge in [-0.2, -0.15) is 0 Å². The average Bonchev–Trinajstić information content (AvgIpc) is 3.09. The highest BCUT2D eigenvalue weighted by atomic mass is 16.5. The summed E-state index contributed by atoms with van der Waals surface area (Å²) in [5.41, 5.74) is 3.68. The van der Waals surface area contributed by atoms with E-state index in [0.29, 0.717) is 5.69 Å². The van der Waals surface area contributed by atoms with Gasteiger partial charge in [-0.25, -0.2) is 4.79 Å². The zero-order chi connectivity index (χ0) is 21.7. The molecule has 1 atom stereocenters. The first kappa shape index (κ1) is 21.1. The van der Waals surface area contributed by atoms with Crippen LogP contribution >= 0.6 is 0 Å². The second-order valence-corrected chi connectivity index (χ2v) is 7.12. The third-order valence-electron chi connectivity index (χ3n) is 4.83. The number of esters is 1. The van der Waals surface area contributed by atoms with Crippen LogP contribution in [-0.4, -0.2) is 30.9 Å². The van der Waals surface area contributed by atoms with E-state index >= 15 is 0 Å². The maximum absolute atomic E-state index is 12.4. The minimum atomic E-state index is -0.898. The Hall–Kier alpha value is -3.61. The molecule has 1 amide bonds. The quantitative estimate of drug-likeness (QED) is 0.540. The largest absolute Gasteiger partial charge is 0.470 e. The zero-order valence-electron chi connectivity index (χ0n) is 17.2. The number of ether oxygens (including phenoxy) is 2. The van der Waals surface area contributed by atoms with Gasteiger partial charge in [0.2, 0.25) is 11.7 Å². The lowest BCUT2D eigenvalue weighted by atomic mass is 10.0. The van der Waals surface area contributed by atoms with Crippen molar-refractivity contribution in [3.63, 3.8) is 0 Å². The van der Waals surface area contributed by atoms with E-state index in [2.05, 4.69) is 10.6 Å². The van der Waals surface area contributed by atoms with Gasteiger partial charge in [0.15, 0.2) is 18.8 Å². The number of benzene rings is 2. The van der Waals surface area contributed by atoms with Gasteiger partial charge in [0, 0.05) is 5.69 Å². The van der Waals surface area contributed by atoms with Crippen molar-refractivity contribution in [2.75, 3.05) is 18.5 Å². The highest BCUT2D eigenvalue weighted by molar-refractivity contribution is 6.20. The number of ketones is 1. The molecule has 0 saturated heterocycles. The molecule has 0 aliphatic carbocycles. The summed E-state index contributed by atoms with van der Waals surface area (Å²) < 4.78 is 10.3. The molecule has 7 nitrogen and oxygen atoms in total. The Morgan fingerprint density at radius 1 is 1.10 bits per heavy atom. The summed E-state index contributed by atoms with van der Waals surface area (Å²) in [6.45, 7) is 5.12. The molecule has 0 fully saturated rings. The Morgan fingerprint density at radius 3 is 2.53 bits per heavy atom. The molecule has 1 heterocycles. The number of nitrogens with one attached hydrogen (secondary N) is 2. The van der Waals surface area contributed by atoms with E-state index in [1.54, 1.807) is 24.3 Å². The van der Waals surface area contributed by atoms with Crippen molar-refractivity contribution >= 4 is 23.3 Å². The number of para-hydroxylation sites is 1. The fourth-order valence-electron chi connectivity index (χ4n) is 2.97. The van der Waals surface area contributed by atoms with E-state index in [4.69, 9.17) is 9.47 Å². The first-order valence-corrected chi connectivity index (χ1v) is 9.61. The molecule has 1 aliphatic rings. The Labute approximate surface area is 175 Å². The normalized spacial score (nSPS) is 14.2. The van der Waals surface area contributed by atoms with Crippen molar-refractivity contribution in [2.24, 2.45) is 0 Å². The Kier molecular flexibility index (Phi) is 6.51. The van der Waals surface area contributed by atoms with Crippen LogP contribution in [0.25, 0.3) is 0 Å². The van der Waals surface area contributed by atoms with Crippen molar-refractivity contribution in [3.8, 4) is 0 Å². The summed E-state index contributed by atoms with van der Waals surface area (Å²) in [4.78, 5) is 36.7. The van der Waals surface area contributed by atoms with Crippen LogP contribution in [0.3, 0.4) is 0 Å². The van der Waals surface area contributed by atoms with Gasteiger partial charge >= 0.3 is 5.97 Å². The minimum absolute atomic E-state index is 0.0279. The van der Waals surface area contributed by atoms with Gasteiger partial charge < -0.3 is 20.1 Å². The van der Waals surface area contributed by atoms with E-state index in [-0.39, 0.29) is 24.1 Å². The highest BCUT2D eigenvalue weighted by Crippen LogP contribution is 2.21. The third kappa shape index (κ3) is 5.05. The highest BCUT2D eigenvalue weighted by Gasteiger charge is 2.33. The summed E-state index contributed by atoms with van der Waals surface area (Å²) in [7, 11) is 0. The molecule has 7 heteroatoms. The third-order valence-corrected chi connectivity index (χ3v) is 4.83. The number of rotatable bonds is 7. The molecule has 0 saturated carbocycles. The topological polar surface area (TPSA) is 93.7 Å². The van der Waals surface area contributed by atoms with E-state index in [0.717, 1.165) is 11.1 Å². The minimum Gasteiger partial charge on any atom is -0.470 e. The molecule has 2 N–H and O–H groups in total. The van der Waals surface area contributed by atoms with Crippen LogP contribution in [0.5, 0.6) is 0 Å². The molecule has 2 aromatic rings. The number of carbonyl (C=O) groups is 3. The van der Waals surface area contributed by atoms with Crippen molar-refractivity contribution < 1.29 is 23.9 Å². The Morgan fingerprint density at radius 2 is 1.83 bits per heavy atom. The second-order valence-electron chi connectivity index (χ2n) is 7.12. The first-order valence-electron chi connectivity index (χ1n) is 9.61. The van der Waals surface area contributed by atoms with Crippen LogP contribution in [0.15, 0.2) is 60.0 Å². The van der Waals surface area contributed by atoms with Gasteiger partial charge in [-0.15, -0.1) is 0 Å². The predicted molar refractivity (Wildman–Crippen MR) is 111 cm³/mol. The van der Waals surface area contributed by atoms with Gasteiger partial charge in [-0.1, -0.05) is 36.4 Å². The number of hydrogen-bond donors (Lipinski definition) is 2. The lowest BCUT2D eigenvalue weighted by Gasteiger charge is -2.16. The van der Waals surface area contributed by atoms with Gasteiger partial charge in [-0.3, -0.25) is 9.59 Å². The summed E-state index contributed by atoms with van der Waals surface area (Å²) in [6.07, 6.45) is 0. The van der Waals surface area contributed by atoms with Crippen molar-refractivity contribution in [1.82, 2.24) is 5.32 Å². The van der Waals surface area contributed by atoms with Crippen LogP contribution in [-0.2, 0) is 23.9 Å². The molecule has 3 rings (SSSR count). The van der Waals surface area contributed by atoms with Crippen molar-refractivity contribution in [1.29, 1.82) is 0 Å². The SMILES string of the molecule is Cc1ccc([C@@H](C)NC(=O)COC(=O)C2=C(Nc3ccccc3)OCC2=O)cc1C. The lowest BCUT2D eigenvalue weighted by molar-refractivity contribution is -0.145. The molecule has 0 radical (unpaired) electrons. The molecule has 0 spiro atoms. The Balaban J connectivity index is 1.59. The van der Waals surface area contributed by atoms with Crippen LogP contribution < -0.4 is 10.6 Å². The van der Waals surface area contributed by atoms with E-state index < -0.39 is 24.3 Å². The predicted octanol–water partition coefficient (Wildman–Crippen LogP) is 2.95. The first-order chi connectivity index (χ1) is 14.3. The fourth-order valence-corrected chi connectivity index (χ4v) is 2.97. The average molecular weight is 408 g/mol. The Bertz CT molecular complexity index is 998. The molecule has 0 unspecified atom stereocenters. The van der Waals surface area contributed by atoms with Gasteiger partial charge in [0.1, 0.15) is 0 Å². The van der Waals surface area contributed by atoms with E-state index in [1.165, 1.54) is 5.56 Å². The zero-order valence-corrected chi connectivity index (χ0v) is 17.2. The summed E-state index contributed by atoms with van der Waals surface area (Å²) in [5, 5.41) is 5.68. The number of Topliss-reactive ketones (excluding diaryl/α,β-unsaturated/α-hetero) is 1. The maximum atomic E-state index is 12.4. The van der Waals surface area contributed by atoms with E-state index in [1.807, 2.05) is 45.0 Å². The van der Waals surface area contributed by atoms with Crippen LogP contribution in [0.4, 0.5) is 5.69 Å². The number of aryl methyl sites for hydroxylation is 2. The van der Waals surface area contributed by atoms with Gasteiger partial charge in [0.05, 0.1) is 6.04 Å². The number of amides is 1. The molecule has 30 heavy (non-hydrogen) atoms. The number of hydrogen-bond acceptors (Lipinski definition) is 6. The smallest absolute Gasteiger partial charge is 0.347 e. The summed E-state index contributed by atoms with van der Waals surface area (Å²) in [6, 6.07) is 14.7. The van der Waals surface area contributed by atoms with Gasteiger partial charge in [0.25, 0.3) is 5.91 Å². The summed E-state index contributed by atoms with van der Waals surface area (Å²) >= 11 is 0. The number of carbonyl (C=O) groups excluding carboxylic acids is 3. The van der Waals surface area contributed by atoms with Crippen molar-refractivity contribution in [3.05, 3.63) is 76.7 Å². The molecule has 156 valence electrons. The van der Waals surface area contributed by atoms with Crippen LogP contribution in [0, 0.1) is 13.8 Å². The molecule has 0 aromatic heterocycles. The van der Waals surface area contributed by atoms with E-state index in [9.17, 15) is 14.4 Å². The van der Waals surface area contributed by atoms with Crippen LogP contribution in [0.1, 0.15) is 29.7 Å². The van der Waals surface area contributed by atoms with Crippen molar-refractivity contribution in [2.45, 2.75) is 26.8 Å². The lowest BCUT2D eigenvalue weighted by Crippen LogP contribution is -2.32. The molecule has 0 bridgehead atoms. The standard InChI is InChI=1S/C23H24N2O5/c1-14-9-10-17(11-15(14)2)16(3)24-20(27)13-30-23(28)21-19(26)12-29-22(21)25-18-7-5-4-6-8-18/h4-11,16,25H,12-13H2,1-3H3,(H,24,27)/t16-/m1/s1. The molecular weight excluding hydrogens is 384 g/mol. The number of anilines is 1. The van der Waals surface area contributed by atoms with Crippen LogP contribution in [0.2, 0.25) is 0 Å². The molecule has 1 aliphatic heterocycles. The fraction of sp³-hybridized carbons (Fsp3) is 0.261. The molecule has 2 aromatic carbocycles. The monoisotopic (exact) mass is 408 g/mol. The summed E-state index contributed by atoms with van der Waals surface area (Å²) in [5.74, 6) is -1.83. The second kappa shape index (κ2) is 9.26. The van der Waals surface area contributed by atoms with Gasteiger partial charge in [-0.05, 0) is 49.6 Å².